The van der Waals surface area contributed by atoms with E-state index >= 15 is 0 Å². The van der Waals surface area contributed by atoms with Gasteiger partial charge >= 0.3 is 0 Å². The SMILES string of the molecule is Fc1cccc(CC(CBr)(CBr)c2cccc(Br)c2)c1F. The van der Waals surface area contributed by atoms with Crippen LogP contribution in [-0.4, -0.2) is 10.7 Å². The van der Waals surface area contributed by atoms with Crippen LogP contribution in [0.3, 0.4) is 0 Å². The first kappa shape index (κ1) is 17.1. The average molecular weight is 483 g/mol. The Hall–Kier alpha value is -0.260. The van der Waals surface area contributed by atoms with E-state index in [1.165, 1.54) is 0 Å². The van der Waals surface area contributed by atoms with Crippen molar-refractivity contribution in [2.75, 3.05) is 10.7 Å². The summed E-state index contributed by atoms with van der Waals surface area (Å²) in [4.78, 5) is 0. The smallest absolute Gasteiger partial charge is 0.162 e. The lowest BCUT2D eigenvalue weighted by atomic mass is 9.79. The van der Waals surface area contributed by atoms with Gasteiger partial charge in [0.25, 0.3) is 0 Å². The molecule has 0 spiro atoms. The van der Waals surface area contributed by atoms with E-state index in [9.17, 15) is 8.78 Å². The molecule has 112 valence electrons. The van der Waals surface area contributed by atoms with Gasteiger partial charge in [-0.05, 0) is 35.7 Å². The minimum Gasteiger partial charge on any atom is -0.204 e. The highest BCUT2D eigenvalue weighted by atomic mass is 79.9. The molecule has 0 amide bonds. The Morgan fingerprint density at radius 2 is 1.62 bits per heavy atom. The highest BCUT2D eigenvalue weighted by Crippen LogP contribution is 2.35. The first-order chi connectivity index (χ1) is 10.0. The summed E-state index contributed by atoms with van der Waals surface area (Å²) in [6, 6.07) is 12.2. The maximum absolute atomic E-state index is 14.0. The number of hydrogen-bond donors (Lipinski definition) is 0. The van der Waals surface area contributed by atoms with Crippen LogP contribution in [0.15, 0.2) is 46.9 Å². The minimum atomic E-state index is -0.806. The Kier molecular flexibility index (Phi) is 5.97. The van der Waals surface area contributed by atoms with Gasteiger partial charge in [0.05, 0.1) is 0 Å². The Labute approximate surface area is 148 Å². The lowest BCUT2D eigenvalue weighted by Crippen LogP contribution is -2.33. The molecule has 0 unspecified atom stereocenters. The molecule has 2 rings (SSSR count). The van der Waals surface area contributed by atoms with Gasteiger partial charge in [-0.15, -0.1) is 0 Å². The molecule has 0 radical (unpaired) electrons. The molecule has 21 heavy (non-hydrogen) atoms. The molecule has 0 aromatic heterocycles. The van der Waals surface area contributed by atoms with Gasteiger partial charge < -0.3 is 0 Å². The van der Waals surface area contributed by atoms with Crippen LogP contribution in [-0.2, 0) is 11.8 Å². The van der Waals surface area contributed by atoms with Crippen molar-refractivity contribution < 1.29 is 8.78 Å². The topological polar surface area (TPSA) is 0 Å². The Morgan fingerprint density at radius 1 is 0.952 bits per heavy atom. The summed E-state index contributed by atoms with van der Waals surface area (Å²) in [5, 5.41) is 1.27. The first-order valence-electron chi connectivity index (χ1n) is 6.33. The summed E-state index contributed by atoms with van der Waals surface area (Å²) in [6.07, 6.45) is 0.406. The second kappa shape index (κ2) is 7.34. The standard InChI is InChI=1S/C16H13Br3F2/c17-9-16(10-18,12-4-2-5-13(19)7-12)8-11-3-1-6-14(20)15(11)21/h1-7H,8-10H2. The zero-order valence-electron chi connectivity index (χ0n) is 11.1. The molecule has 0 heterocycles. The van der Waals surface area contributed by atoms with Crippen LogP contribution in [0.5, 0.6) is 0 Å². The number of hydrogen-bond acceptors (Lipinski definition) is 0. The van der Waals surface area contributed by atoms with Crippen LogP contribution in [0.4, 0.5) is 8.78 Å². The third-order valence-corrected chi connectivity index (χ3v) is 6.15. The lowest BCUT2D eigenvalue weighted by Gasteiger charge is -2.31. The fourth-order valence-electron chi connectivity index (χ4n) is 2.25. The summed E-state index contributed by atoms with van der Waals surface area (Å²) < 4.78 is 28.4. The van der Waals surface area contributed by atoms with Crippen LogP contribution < -0.4 is 0 Å². The van der Waals surface area contributed by atoms with Crippen LogP contribution >= 0.6 is 47.8 Å². The fraction of sp³-hybridized carbons (Fsp3) is 0.250. The molecule has 0 saturated carbocycles. The maximum Gasteiger partial charge on any atom is 0.162 e. The Bertz CT molecular complexity index is 625. The van der Waals surface area contributed by atoms with Crippen LogP contribution in [0, 0.1) is 11.6 Å². The molecule has 5 heteroatoms. The van der Waals surface area contributed by atoms with Crippen molar-refractivity contribution in [1.29, 1.82) is 0 Å². The second-order valence-corrected chi connectivity index (χ2v) is 6.98. The van der Waals surface area contributed by atoms with Crippen molar-refractivity contribution in [3.8, 4) is 0 Å². The highest BCUT2D eigenvalue weighted by Gasteiger charge is 2.32. The molecular weight excluding hydrogens is 470 g/mol. The molecule has 0 aliphatic rings. The zero-order chi connectivity index (χ0) is 15.5. The molecule has 0 aliphatic heterocycles. The lowest BCUT2D eigenvalue weighted by molar-refractivity contribution is 0.476. The molecule has 0 fully saturated rings. The average Bonchev–Trinajstić information content (AvgIpc) is 2.49. The summed E-state index contributed by atoms with van der Waals surface area (Å²) in [5.74, 6) is -1.57. The van der Waals surface area contributed by atoms with Gasteiger partial charge in [-0.25, -0.2) is 8.78 Å². The normalized spacial score (nSPS) is 11.7. The minimum absolute atomic E-state index is 0.349. The van der Waals surface area contributed by atoms with Gasteiger partial charge in [0.2, 0.25) is 0 Å². The highest BCUT2D eigenvalue weighted by molar-refractivity contribution is 9.10. The van der Waals surface area contributed by atoms with Crippen LogP contribution in [0.2, 0.25) is 0 Å². The van der Waals surface area contributed by atoms with Crippen molar-refractivity contribution in [2.45, 2.75) is 11.8 Å². The summed E-state index contributed by atoms with van der Waals surface area (Å²) in [5.41, 5.74) is 1.10. The fourth-order valence-corrected chi connectivity index (χ4v) is 4.63. The van der Waals surface area contributed by atoms with E-state index in [2.05, 4.69) is 47.8 Å². The molecular formula is C16H13Br3F2. The van der Waals surface area contributed by atoms with Crippen LogP contribution in [0.1, 0.15) is 11.1 Å². The van der Waals surface area contributed by atoms with E-state index < -0.39 is 11.6 Å². The van der Waals surface area contributed by atoms with Crippen molar-refractivity contribution in [3.63, 3.8) is 0 Å². The van der Waals surface area contributed by atoms with Gasteiger partial charge in [-0.2, -0.15) is 0 Å². The number of alkyl halides is 2. The van der Waals surface area contributed by atoms with Gasteiger partial charge in [-0.3, -0.25) is 0 Å². The van der Waals surface area contributed by atoms with Gasteiger partial charge in [0, 0.05) is 20.5 Å². The molecule has 2 aromatic rings. The van der Waals surface area contributed by atoms with E-state index in [1.807, 2.05) is 24.3 Å². The third-order valence-electron chi connectivity index (χ3n) is 3.51. The maximum atomic E-state index is 14.0. The van der Waals surface area contributed by atoms with E-state index in [0.717, 1.165) is 16.1 Å². The molecule has 0 atom stereocenters. The van der Waals surface area contributed by atoms with Gasteiger partial charge in [0.15, 0.2) is 11.6 Å². The van der Waals surface area contributed by atoms with E-state index in [4.69, 9.17) is 0 Å². The van der Waals surface area contributed by atoms with Crippen molar-refractivity contribution in [2.24, 2.45) is 0 Å². The summed E-state index contributed by atoms with van der Waals surface area (Å²) in [7, 11) is 0. The monoisotopic (exact) mass is 480 g/mol. The third kappa shape index (κ3) is 3.74. The Balaban J connectivity index is 2.45. The molecule has 2 aromatic carbocycles. The van der Waals surface area contributed by atoms with Gasteiger partial charge in [-0.1, -0.05) is 72.1 Å². The summed E-state index contributed by atoms with van der Waals surface area (Å²) >= 11 is 10.5. The zero-order valence-corrected chi connectivity index (χ0v) is 15.8. The predicted molar refractivity (Wildman–Crippen MR) is 93.5 cm³/mol. The van der Waals surface area contributed by atoms with Crippen LogP contribution in [0.25, 0.3) is 0 Å². The van der Waals surface area contributed by atoms with Crippen molar-refractivity contribution in [1.82, 2.24) is 0 Å². The molecule has 0 bridgehead atoms. The summed E-state index contributed by atoms with van der Waals surface area (Å²) in [6.45, 7) is 0. The second-order valence-electron chi connectivity index (χ2n) is 4.95. The van der Waals surface area contributed by atoms with Gasteiger partial charge in [0.1, 0.15) is 0 Å². The number of rotatable bonds is 5. The number of halogens is 5. The molecule has 0 aliphatic carbocycles. The van der Waals surface area contributed by atoms with E-state index in [-0.39, 0.29) is 5.41 Å². The molecule has 0 saturated heterocycles. The Morgan fingerprint density at radius 3 is 2.24 bits per heavy atom. The largest absolute Gasteiger partial charge is 0.204 e. The van der Waals surface area contributed by atoms with E-state index in [1.54, 1.807) is 12.1 Å². The van der Waals surface area contributed by atoms with E-state index in [0.29, 0.717) is 22.6 Å². The quantitative estimate of drug-likeness (QED) is 0.459. The van der Waals surface area contributed by atoms with Crippen molar-refractivity contribution >= 4 is 47.8 Å². The molecule has 0 nitrogen and oxygen atoms in total. The van der Waals surface area contributed by atoms with Crippen molar-refractivity contribution in [3.05, 3.63) is 69.7 Å². The number of benzene rings is 2. The predicted octanol–water partition coefficient (Wildman–Crippen LogP) is 6.00. The molecule has 0 N–H and O–H groups in total. The first-order valence-corrected chi connectivity index (χ1v) is 9.37.